The Kier molecular flexibility index (Phi) is 8.93. The van der Waals surface area contributed by atoms with Crippen LogP contribution in [-0.4, -0.2) is 49.8 Å². The molecule has 2 amide bonds. The number of fused-ring (bicyclic) bond motifs is 1. The standard InChI is InChI=1S/C29H39N5O5/c1-17(2)14-23(32-29(38)39-20-10-6-5-7-11-20)27(35)31-22(26-30-18(3)25(33-26)28(36)37)15-19-16-34(4)24-13-9-8-12-21(19)24/h8-9,12-13,16-17,20,22-23H,5-7,10-11,14-15H2,1-4H3,(H,30,33)(H,31,35)(H,32,38)(H,36,37)/t22-,23+/m1/s1. The van der Waals surface area contributed by atoms with E-state index in [1.54, 1.807) is 6.92 Å². The largest absolute Gasteiger partial charge is 0.476 e. The van der Waals surface area contributed by atoms with Gasteiger partial charge in [-0.2, -0.15) is 0 Å². The van der Waals surface area contributed by atoms with Crippen LogP contribution in [0.3, 0.4) is 0 Å². The number of aromatic amines is 1. The lowest BCUT2D eigenvalue weighted by Crippen LogP contribution is -2.49. The van der Waals surface area contributed by atoms with Crippen LogP contribution in [0.2, 0.25) is 0 Å². The third-order valence-electron chi connectivity index (χ3n) is 7.30. The number of aryl methyl sites for hydroxylation is 2. The van der Waals surface area contributed by atoms with Gasteiger partial charge in [0.25, 0.3) is 0 Å². The second kappa shape index (κ2) is 12.4. The molecule has 0 radical (unpaired) electrons. The number of nitrogens with zero attached hydrogens (tertiary/aromatic N) is 2. The van der Waals surface area contributed by atoms with E-state index in [1.807, 2.05) is 55.9 Å². The van der Waals surface area contributed by atoms with Crippen LogP contribution >= 0.6 is 0 Å². The number of H-pyrrole nitrogens is 1. The van der Waals surface area contributed by atoms with Gasteiger partial charge in [0.15, 0.2) is 5.69 Å². The predicted molar refractivity (Wildman–Crippen MR) is 148 cm³/mol. The summed E-state index contributed by atoms with van der Waals surface area (Å²) < 4.78 is 7.64. The zero-order valence-electron chi connectivity index (χ0n) is 23.1. The number of carbonyl (C=O) groups excluding carboxylic acids is 2. The highest BCUT2D eigenvalue weighted by Gasteiger charge is 2.29. The quantitative estimate of drug-likeness (QED) is 0.294. The van der Waals surface area contributed by atoms with Crippen molar-refractivity contribution in [2.45, 2.75) is 83.9 Å². The first-order valence-electron chi connectivity index (χ1n) is 13.7. The number of aromatic nitrogens is 3. The molecule has 2 heterocycles. The number of ether oxygens (including phenoxy) is 1. The van der Waals surface area contributed by atoms with Crippen LogP contribution in [0.25, 0.3) is 10.9 Å². The lowest BCUT2D eigenvalue weighted by molar-refractivity contribution is -0.124. The van der Waals surface area contributed by atoms with E-state index < -0.39 is 24.1 Å². The summed E-state index contributed by atoms with van der Waals surface area (Å²) in [5, 5.41) is 16.4. The Balaban J connectivity index is 1.58. The molecule has 39 heavy (non-hydrogen) atoms. The molecule has 10 nitrogen and oxygen atoms in total. The zero-order chi connectivity index (χ0) is 28.1. The van der Waals surface area contributed by atoms with Crippen LogP contribution in [0.1, 0.15) is 86.0 Å². The van der Waals surface area contributed by atoms with Gasteiger partial charge >= 0.3 is 12.1 Å². The van der Waals surface area contributed by atoms with Crippen molar-refractivity contribution in [3.8, 4) is 0 Å². The molecule has 1 aromatic carbocycles. The molecule has 1 aliphatic carbocycles. The van der Waals surface area contributed by atoms with Crippen LogP contribution in [0.5, 0.6) is 0 Å². The van der Waals surface area contributed by atoms with Gasteiger partial charge < -0.3 is 30.0 Å². The number of nitrogens with one attached hydrogen (secondary N) is 3. The van der Waals surface area contributed by atoms with Crippen LogP contribution in [0.4, 0.5) is 4.79 Å². The highest BCUT2D eigenvalue weighted by atomic mass is 16.6. The van der Waals surface area contributed by atoms with Gasteiger partial charge in [-0.3, -0.25) is 4.79 Å². The number of carbonyl (C=O) groups is 3. The third-order valence-corrected chi connectivity index (χ3v) is 7.30. The van der Waals surface area contributed by atoms with Gasteiger partial charge in [0.1, 0.15) is 18.0 Å². The van der Waals surface area contributed by atoms with Crippen molar-refractivity contribution in [1.29, 1.82) is 0 Å². The van der Waals surface area contributed by atoms with Crippen LogP contribution < -0.4 is 10.6 Å². The minimum atomic E-state index is -1.14. The molecular formula is C29H39N5O5. The number of hydrogen-bond donors (Lipinski definition) is 4. The Morgan fingerprint density at radius 1 is 1.15 bits per heavy atom. The number of aromatic carboxylic acids is 1. The normalized spacial score (nSPS) is 15.7. The minimum Gasteiger partial charge on any atom is -0.476 e. The molecule has 1 fully saturated rings. The Morgan fingerprint density at radius 3 is 2.54 bits per heavy atom. The van der Waals surface area contributed by atoms with Gasteiger partial charge in [0.05, 0.1) is 6.04 Å². The molecule has 210 valence electrons. The first-order valence-corrected chi connectivity index (χ1v) is 13.7. The average Bonchev–Trinajstić information content (AvgIpc) is 3.43. The van der Waals surface area contributed by atoms with Gasteiger partial charge in [0, 0.05) is 36.3 Å². The highest BCUT2D eigenvalue weighted by Crippen LogP contribution is 2.26. The minimum absolute atomic E-state index is 0.0879. The number of imidazole rings is 1. The van der Waals surface area contributed by atoms with E-state index in [1.165, 1.54) is 0 Å². The van der Waals surface area contributed by atoms with Gasteiger partial charge in [0.2, 0.25) is 5.91 Å². The summed E-state index contributed by atoms with van der Waals surface area (Å²) in [5.74, 6) is -1.04. The molecule has 1 aliphatic rings. The van der Waals surface area contributed by atoms with Crippen molar-refractivity contribution in [3.63, 3.8) is 0 Å². The molecule has 4 rings (SSSR count). The van der Waals surface area contributed by atoms with Crippen molar-refractivity contribution < 1.29 is 24.2 Å². The smallest absolute Gasteiger partial charge is 0.408 e. The highest BCUT2D eigenvalue weighted by molar-refractivity contribution is 5.88. The first-order chi connectivity index (χ1) is 18.6. The zero-order valence-corrected chi connectivity index (χ0v) is 23.1. The summed E-state index contributed by atoms with van der Waals surface area (Å²) in [4.78, 5) is 45.4. The lowest BCUT2D eigenvalue weighted by Gasteiger charge is -2.26. The third kappa shape index (κ3) is 6.99. The predicted octanol–water partition coefficient (Wildman–Crippen LogP) is 4.78. The Labute approximate surface area is 228 Å². The molecule has 0 aliphatic heterocycles. The Bertz CT molecular complexity index is 1320. The SMILES string of the molecule is Cc1[nH]c([C@@H](Cc2cn(C)c3ccccc23)NC(=O)[C@H](CC(C)C)NC(=O)OC2CCCCC2)nc1C(=O)O. The van der Waals surface area contributed by atoms with Crippen LogP contribution in [-0.2, 0) is 23.0 Å². The number of carboxylic acid groups (broad SMARTS) is 1. The molecule has 3 aromatic rings. The summed E-state index contributed by atoms with van der Waals surface area (Å²) in [6, 6.07) is 6.50. The van der Waals surface area contributed by atoms with Gasteiger partial charge in [-0.1, -0.05) is 38.5 Å². The molecule has 1 saturated carbocycles. The van der Waals surface area contributed by atoms with Crippen LogP contribution in [0, 0.1) is 12.8 Å². The molecule has 10 heteroatoms. The monoisotopic (exact) mass is 537 g/mol. The summed E-state index contributed by atoms with van der Waals surface area (Å²) in [7, 11) is 1.96. The number of rotatable bonds is 10. The summed E-state index contributed by atoms with van der Waals surface area (Å²) >= 11 is 0. The number of benzene rings is 1. The molecule has 0 unspecified atom stereocenters. The van der Waals surface area contributed by atoms with E-state index in [-0.39, 0.29) is 23.6 Å². The second-order valence-corrected chi connectivity index (χ2v) is 10.9. The van der Waals surface area contributed by atoms with Gasteiger partial charge in [-0.05, 0) is 56.6 Å². The van der Waals surface area contributed by atoms with E-state index in [0.29, 0.717) is 24.4 Å². The van der Waals surface area contributed by atoms with Crippen molar-refractivity contribution >= 4 is 28.9 Å². The Morgan fingerprint density at radius 2 is 1.87 bits per heavy atom. The maximum absolute atomic E-state index is 13.6. The topological polar surface area (TPSA) is 138 Å². The van der Waals surface area contributed by atoms with E-state index in [0.717, 1.165) is 48.6 Å². The van der Waals surface area contributed by atoms with E-state index in [2.05, 4.69) is 20.6 Å². The molecule has 0 bridgehead atoms. The molecular weight excluding hydrogens is 498 g/mol. The summed E-state index contributed by atoms with van der Waals surface area (Å²) in [5.41, 5.74) is 2.34. The van der Waals surface area contributed by atoms with Crippen LogP contribution in [0.15, 0.2) is 30.5 Å². The number of hydrogen-bond acceptors (Lipinski definition) is 5. The number of para-hydroxylation sites is 1. The van der Waals surface area contributed by atoms with Crippen molar-refractivity contribution in [2.75, 3.05) is 0 Å². The first kappa shape index (κ1) is 28.2. The molecule has 2 aromatic heterocycles. The summed E-state index contributed by atoms with van der Waals surface area (Å²) in [6.07, 6.45) is 6.98. The molecule has 0 spiro atoms. The fraction of sp³-hybridized carbons (Fsp3) is 0.517. The fourth-order valence-corrected chi connectivity index (χ4v) is 5.37. The van der Waals surface area contributed by atoms with Crippen molar-refractivity contribution in [1.82, 2.24) is 25.2 Å². The molecule has 0 saturated heterocycles. The maximum atomic E-state index is 13.6. The van der Waals surface area contributed by atoms with E-state index in [9.17, 15) is 19.5 Å². The van der Waals surface area contributed by atoms with Gasteiger partial charge in [-0.15, -0.1) is 0 Å². The number of amides is 2. The van der Waals surface area contributed by atoms with E-state index >= 15 is 0 Å². The van der Waals surface area contributed by atoms with Gasteiger partial charge in [-0.25, -0.2) is 14.6 Å². The average molecular weight is 538 g/mol. The second-order valence-electron chi connectivity index (χ2n) is 10.9. The lowest BCUT2D eigenvalue weighted by atomic mass is 9.98. The maximum Gasteiger partial charge on any atom is 0.408 e. The fourth-order valence-electron chi connectivity index (χ4n) is 5.37. The molecule has 2 atom stereocenters. The number of carboxylic acids is 1. The number of alkyl carbamates (subject to hydrolysis) is 1. The van der Waals surface area contributed by atoms with Crippen molar-refractivity contribution in [3.05, 3.63) is 53.2 Å². The van der Waals surface area contributed by atoms with E-state index in [4.69, 9.17) is 4.74 Å². The van der Waals surface area contributed by atoms with Crippen molar-refractivity contribution in [2.24, 2.45) is 13.0 Å². The summed E-state index contributed by atoms with van der Waals surface area (Å²) in [6.45, 7) is 5.61. The molecule has 4 N–H and O–H groups in total. The Hall–Kier alpha value is -3.82.